The second kappa shape index (κ2) is 8.76. The second-order valence-corrected chi connectivity index (χ2v) is 7.41. The molecular formula is C19H30N4O2. The van der Waals surface area contributed by atoms with E-state index in [0.717, 1.165) is 31.8 Å². The van der Waals surface area contributed by atoms with Crippen molar-refractivity contribution in [2.24, 2.45) is 11.8 Å². The summed E-state index contributed by atoms with van der Waals surface area (Å²) >= 11 is 0. The molecule has 25 heavy (non-hydrogen) atoms. The number of hydrogen-bond acceptors (Lipinski definition) is 5. The van der Waals surface area contributed by atoms with Gasteiger partial charge in [-0.15, -0.1) is 0 Å². The first-order valence-electron chi connectivity index (χ1n) is 9.28. The van der Waals surface area contributed by atoms with Crippen LogP contribution < -0.4 is 16.2 Å². The Labute approximate surface area is 150 Å². The highest BCUT2D eigenvalue weighted by Gasteiger charge is 2.34. The maximum Gasteiger partial charge on any atom is 0.226 e. The minimum absolute atomic E-state index is 0.00548. The zero-order valence-electron chi connectivity index (χ0n) is 15.2. The van der Waals surface area contributed by atoms with E-state index in [1.54, 1.807) is 0 Å². The highest BCUT2D eigenvalue weighted by molar-refractivity contribution is 5.80. The lowest BCUT2D eigenvalue weighted by atomic mass is 9.94. The van der Waals surface area contributed by atoms with Gasteiger partial charge >= 0.3 is 0 Å². The van der Waals surface area contributed by atoms with Crippen molar-refractivity contribution >= 4 is 5.91 Å². The van der Waals surface area contributed by atoms with E-state index in [1.807, 2.05) is 18.2 Å². The van der Waals surface area contributed by atoms with Crippen molar-refractivity contribution < 1.29 is 9.53 Å². The Morgan fingerprint density at radius 3 is 2.92 bits per heavy atom. The van der Waals surface area contributed by atoms with Gasteiger partial charge in [0.1, 0.15) is 0 Å². The Morgan fingerprint density at radius 1 is 1.36 bits per heavy atom. The van der Waals surface area contributed by atoms with Crippen molar-refractivity contribution in [1.29, 1.82) is 0 Å². The number of carbonyl (C=O) groups excluding carboxylic acids is 1. The van der Waals surface area contributed by atoms with Crippen LogP contribution in [0.15, 0.2) is 30.3 Å². The van der Waals surface area contributed by atoms with Gasteiger partial charge in [-0.1, -0.05) is 44.2 Å². The number of carbonyl (C=O) groups is 1. The van der Waals surface area contributed by atoms with Gasteiger partial charge in [-0.3, -0.25) is 15.1 Å². The monoisotopic (exact) mass is 346 g/mol. The topological polar surface area (TPSA) is 65.6 Å². The highest BCUT2D eigenvalue weighted by atomic mass is 16.5. The van der Waals surface area contributed by atoms with Gasteiger partial charge in [-0.2, -0.15) is 0 Å². The first-order valence-corrected chi connectivity index (χ1v) is 9.28. The molecule has 3 atom stereocenters. The van der Waals surface area contributed by atoms with E-state index in [2.05, 4.69) is 47.0 Å². The minimum Gasteiger partial charge on any atom is -0.374 e. The molecule has 2 fully saturated rings. The predicted molar refractivity (Wildman–Crippen MR) is 97.8 cm³/mol. The number of ether oxygens (including phenoxy) is 1. The summed E-state index contributed by atoms with van der Waals surface area (Å²) in [6.07, 6.45) is 0.0777. The zero-order chi connectivity index (χ0) is 17.6. The van der Waals surface area contributed by atoms with Gasteiger partial charge in [-0.05, 0) is 11.5 Å². The van der Waals surface area contributed by atoms with Crippen molar-refractivity contribution in [1.82, 2.24) is 21.1 Å². The Bertz CT molecular complexity index is 552. The molecule has 2 aliphatic rings. The van der Waals surface area contributed by atoms with Crippen LogP contribution in [0.1, 0.15) is 25.5 Å². The number of nitrogens with one attached hydrogen (secondary N) is 3. The summed E-state index contributed by atoms with van der Waals surface area (Å²) in [5.74, 6) is 0.615. The van der Waals surface area contributed by atoms with Crippen LogP contribution in [0, 0.1) is 11.8 Å². The van der Waals surface area contributed by atoms with Crippen LogP contribution in [-0.2, 0) is 9.53 Å². The SMILES string of the molecule is CC(C)CN1CCOC(CNC(=O)C2CNNC2c2ccccc2)C1. The molecule has 0 bridgehead atoms. The van der Waals surface area contributed by atoms with Crippen molar-refractivity contribution in [2.45, 2.75) is 26.0 Å². The molecule has 2 heterocycles. The first kappa shape index (κ1) is 18.3. The van der Waals surface area contributed by atoms with Crippen LogP contribution in [0.5, 0.6) is 0 Å². The largest absolute Gasteiger partial charge is 0.374 e. The van der Waals surface area contributed by atoms with E-state index in [9.17, 15) is 4.79 Å². The molecule has 3 N–H and O–H groups in total. The quantitative estimate of drug-likeness (QED) is 0.715. The third-order valence-corrected chi connectivity index (χ3v) is 4.83. The molecule has 2 saturated heterocycles. The maximum atomic E-state index is 12.7. The molecule has 6 heteroatoms. The summed E-state index contributed by atoms with van der Waals surface area (Å²) in [5, 5.41) is 3.10. The number of morpholine rings is 1. The lowest BCUT2D eigenvalue weighted by Gasteiger charge is -2.34. The van der Waals surface area contributed by atoms with Crippen LogP contribution in [0.4, 0.5) is 0 Å². The number of hydrogen-bond donors (Lipinski definition) is 3. The van der Waals surface area contributed by atoms with Gasteiger partial charge in [0.2, 0.25) is 5.91 Å². The Hall–Kier alpha value is -1.47. The fraction of sp³-hybridized carbons (Fsp3) is 0.632. The molecule has 0 spiro atoms. The van der Waals surface area contributed by atoms with Crippen LogP contribution >= 0.6 is 0 Å². The molecule has 0 aliphatic carbocycles. The van der Waals surface area contributed by atoms with Crippen LogP contribution in [0.2, 0.25) is 0 Å². The second-order valence-electron chi connectivity index (χ2n) is 7.41. The van der Waals surface area contributed by atoms with E-state index in [4.69, 9.17) is 4.74 Å². The summed E-state index contributed by atoms with van der Waals surface area (Å²) in [4.78, 5) is 15.1. The number of amides is 1. The fourth-order valence-corrected chi connectivity index (χ4v) is 3.65. The van der Waals surface area contributed by atoms with Gasteiger partial charge in [0.15, 0.2) is 0 Å². The van der Waals surface area contributed by atoms with Crippen molar-refractivity contribution in [3.05, 3.63) is 35.9 Å². The van der Waals surface area contributed by atoms with E-state index in [1.165, 1.54) is 0 Å². The summed E-state index contributed by atoms with van der Waals surface area (Å²) in [6.45, 7) is 9.37. The third kappa shape index (κ3) is 5.01. The van der Waals surface area contributed by atoms with E-state index >= 15 is 0 Å². The maximum absolute atomic E-state index is 12.7. The van der Waals surface area contributed by atoms with Gasteiger partial charge in [-0.25, -0.2) is 5.43 Å². The molecule has 1 aromatic carbocycles. The Morgan fingerprint density at radius 2 is 2.16 bits per heavy atom. The molecule has 2 aliphatic heterocycles. The Balaban J connectivity index is 1.50. The van der Waals surface area contributed by atoms with Crippen molar-refractivity contribution in [2.75, 3.05) is 39.3 Å². The molecule has 1 amide bonds. The molecule has 0 aromatic heterocycles. The van der Waals surface area contributed by atoms with Crippen LogP contribution in [-0.4, -0.2) is 56.2 Å². The molecule has 0 radical (unpaired) electrons. The molecular weight excluding hydrogens is 316 g/mol. The predicted octanol–water partition coefficient (Wildman–Crippen LogP) is 0.925. The van der Waals surface area contributed by atoms with E-state index < -0.39 is 0 Å². The first-order chi connectivity index (χ1) is 12.1. The normalized spacial score (nSPS) is 27.6. The highest BCUT2D eigenvalue weighted by Crippen LogP contribution is 2.24. The standard InChI is InChI=1S/C19H30N4O2/c1-14(2)12-23-8-9-25-16(13-23)10-20-19(24)17-11-21-22-18(17)15-6-4-3-5-7-15/h3-7,14,16-18,21-22H,8-13H2,1-2H3,(H,20,24). The zero-order valence-corrected chi connectivity index (χ0v) is 15.2. The summed E-state index contributed by atoms with van der Waals surface area (Å²) in [6, 6.07) is 10.1. The fourth-order valence-electron chi connectivity index (χ4n) is 3.65. The minimum atomic E-state index is -0.113. The average molecular weight is 346 g/mol. The van der Waals surface area contributed by atoms with Crippen molar-refractivity contribution in [3.63, 3.8) is 0 Å². The molecule has 138 valence electrons. The summed E-state index contributed by atoms with van der Waals surface area (Å²) in [5.41, 5.74) is 7.47. The van der Waals surface area contributed by atoms with Crippen LogP contribution in [0.3, 0.4) is 0 Å². The smallest absolute Gasteiger partial charge is 0.226 e. The van der Waals surface area contributed by atoms with Crippen LogP contribution in [0.25, 0.3) is 0 Å². The van der Waals surface area contributed by atoms with Gasteiger partial charge < -0.3 is 10.1 Å². The number of benzene rings is 1. The summed E-state index contributed by atoms with van der Waals surface area (Å²) < 4.78 is 5.83. The summed E-state index contributed by atoms with van der Waals surface area (Å²) in [7, 11) is 0. The third-order valence-electron chi connectivity index (χ3n) is 4.83. The molecule has 6 nitrogen and oxygen atoms in total. The van der Waals surface area contributed by atoms with Gasteiger partial charge in [0.25, 0.3) is 0 Å². The van der Waals surface area contributed by atoms with E-state index in [-0.39, 0.29) is 24.0 Å². The number of hydrazine groups is 1. The molecule has 0 saturated carbocycles. The molecule has 3 rings (SSSR count). The average Bonchev–Trinajstić information content (AvgIpc) is 3.10. The number of nitrogens with zero attached hydrogens (tertiary/aromatic N) is 1. The molecule has 1 aromatic rings. The molecule has 3 unspecified atom stereocenters. The lowest BCUT2D eigenvalue weighted by Crippen LogP contribution is -2.49. The van der Waals surface area contributed by atoms with Gasteiger partial charge in [0, 0.05) is 32.7 Å². The van der Waals surface area contributed by atoms with Gasteiger partial charge in [0.05, 0.1) is 24.7 Å². The van der Waals surface area contributed by atoms with Crippen molar-refractivity contribution in [3.8, 4) is 0 Å². The number of rotatable bonds is 6. The Kier molecular flexibility index (Phi) is 6.42. The van der Waals surface area contributed by atoms with E-state index in [0.29, 0.717) is 19.0 Å². The lowest BCUT2D eigenvalue weighted by molar-refractivity contribution is -0.126.